The van der Waals surface area contributed by atoms with Crippen LogP contribution in [0.15, 0.2) is 4.34 Å². The number of hydrogen-bond acceptors (Lipinski definition) is 6. The summed E-state index contributed by atoms with van der Waals surface area (Å²) in [5.41, 5.74) is 5.15. The Labute approximate surface area is 96.8 Å². The Morgan fingerprint density at radius 3 is 2.67 bits per heavy atom. The van der Waals surface area contributed by atoms with Crippen molar-refractivity contribution in [3.63, 3.8) is 0 Å². The predicted molar refractivity (Wildman–Crippen MR) is 63.2 cm³/mol. The molecule has 1 aromatic heterocycles. The minimum absolute atomic E-state index is 0.273. The molecule has 15 heavy (non-hydrogen) atoms. The average Bonchev–Trinajstić information content (AvgIpc) is 2.51. The topological polar surface area (TPSA) is 80.9 Å². The highest BCUT2D eigenvalue weighted by Gasteiger charge is 2.14. The van der Waals surface area contributed by atoms with E-state index in [9.17, 15) is 4.79 Å². The average molecular weight is 246 g/mol. The summed E-state index contributed by atoms with van der Waals surface area (Å²) in [4.78, 5) is 10.8. The monoisotopic (exact) mass is 246 g/mol. The first-order valence-corrected chi connectivity index (χ1v) is 6.24. The third-order valence-corrected chi connectivity index (χ3v) is 3.55. The quantitative estimate of drug-likeness (QED) is 0.766. The summed E-state index contributed by atoms with van der Waals surface area (Å²) in [5.74, 6) is -0.339. The minimum Gasteiger partial charge on any atom is -0.369 e. The first-order valence-electron chi connectivity index (χ1n) is 4.55. The van der Waals surface area contributed by atoms with Gasteiger partial charge in [0.2, 0.25) is 11.0 Å². The first kappa shape index (κ1) is 12.3. The van der Waals surface area contributed by atoms with Gasteiger partial charge in [-0.1, -0.05) is 23.1 Å². The normalized spacial score (nSPS) is 12.8. The van der Waals surface area contributed by atoms with Gasteiger partial charge in [-0.15, -0.1) is 10.2 Å². The SMILES string of the molecule is CC(C)Nc1nnc(S[C@H](C)C(N)=O)s1. The fourth-order valence-electron chi connectivity index (χ4n) is 0.772. The van der Waals surface area contributed by atoms with Crippen molar-refractivity contribution < 1.29 is 4.79 Å². The summed E-state index contributed by atoms with van der Waals surface area (Å²) in [6, 6.07) is 0.323. The van der Waals surface area contributed by atoms with Crippen LogP contribution in [0.5, 0.6) is 0 Å². The van der Waals surface area contributed by atoms with E-state index in [-0.39, 0.29) is 11.2 Å². The molecule has 0 aliphatic heterocycles. The van der Waals surface area contributed by atoms with Crippen molar-refractivity contribution in [3.8, 4) is 0 Å². The standard InChI is InChI=1S/C8H14N4OS2/c1-4(2)10-7-11-12-8(15-7)14-5(3)6(9)13/h4-5H,1-3H3,(H2,9,13)(H,10,11)/t5-/m1/s1. The Morgan fingerprint density at radius 2 is 2.13 bits per heavy atom. The number of carbonyl (C=O) groups is 1. The van der Waals surface area contributed by atoms with E-state index in [1.54, 1.807) is 6.92 Å². The molecule has 1 amide bonds. The fraction of sp³-hybridized carbons (Fsp3) is 0.625. The van der Waals surface area contributed by atoms with Crippen LogP contribution in [0.2, 0.25) is 0 Å². The summed E-state index contributed by atoms with van der Waals surface area (Å²) >= 11 is 2.76. The Hall–Kier alpha value is -0.820. The number of aromatic nitrogens is 2. The van der Waals surface area contributed by atoms with Crippen LogP contribution in [-0.4, -0.2) is 27.4 Å². The van der Waals surface area contributed by atoms with E-state index in [4.69, 9.17) is 5.73 Å². The van der Waals surface area contributed by atoms with Gasteiger partial charge in [-0.05, 0) is 20.8 Å². The summed E-state index contributed by atoms with van der Waals surface area (Å²) in [5, 5.41) is 11.5. The Bertz CT molecular complexity index is 339. The van der Waals surface area contributed by atoms with Gasteiger partial charge in [0.15, 0.2) is 4.34 Å². The number of nitrogens with one attached hydrogen (secondary N) is 1. The Kier molecular flexibility index (Phi) is 4.34. The number of nitrogens with zero attached hydrogens (tertiary/aromatic N) is 2. The van der Waals surface area contributed by atoms with Crippen LogP contribution in [0.1, 0.15) is 20.8 Å². The second-order valence-electron chi connectivity index (χ2n) is 3.33. The van der Waals surface area contributed by atoms with Gasteiger partial charge < -0.3 is 11.1 Å². The van der Waals surface area contributed by atoms with Crippen molar-refractivity contribution in [1.82, 2.24) is 10.2 Å². The maximum Gasteiger partial charge on any atom is 0.230 e. The summed E-state index contributed by atoms with van der Waals surface area (Å²) in [6.45, 7) is 5.81. The van der Waals surface area contributed by atoms with Crippen molar-refractivity contribution >= 4 is 34.1 Å². The molecule has 1 heterocycles. The van der Waals surface area contributed by atoms with Crippen LogP contribution < -0.4 is 11.1 Å². The lowest BCUT2D eigenvalue weighted by molar-refractivity contribution is -0.117. The Balaban J connectivity index is 2.56. The van der Waals surface area contributed by atoms with E-state index < -0.39 is 0 Å². The van der Waals surface area contributed by atoms with Crippen LogP contribution in [0.25, 0.3) is 0 Å². The molecule has 0 radical (unpaired) electrons. The second kappa shape index (κ2) is 5.32. The molecule has 0 fully saturated rings. The van der Waals surface area contributed by atoms with Crippen molar-refractivity contribution in [2.75, 3.05) is 5.32 Å². The minimum atomic E-state index is -0.339. The van der Waals surface area contributed by atoms with Gasteiger partial charge in [0.25, 0.3) is 0 Å². The van der Waals surface area contributed by atoms with Gasteiger partial charge in [-0.3, -0.25) is 4.79 Å². The van der Waals surface area contributed by atoms with Crippen LogP contribution in [0, 0.1) is 0 Å². The van der Waals surface area contributed by atoms with Gasteiger partial charge in [-0.2, -0.15) is 0 Å². The molecule has 3 N–H and O–H groups in total. The Morgan fingerprint density at radius 1 is 1.47 bits per heavy atom. The van der Waals surface area contributed by atoms with E-state index in [2.05, 4.69) is 15.5 Å². The molecule has 7 heteroatoms. The zero-order valence-corrected chi connectivity index (χ0v) is 10.5. The maximum absolute atomic E-state index is 10.8. The largest absolute Gasteiger partial charge is 0.369 e. The zero-order chi connectivity index (χ0) is 11.4. The fourth-order valence-corrected chi connectivity index (χ4v) is 2.76. The van der Waals surface area contributed by atoms with Crippen LogP contribution in [-0.2, 0) is 4.79 Å². The number of thioether (sulfide) groups is 1. The molecule has 0 bridgehead atoms. The van der Waals surface area contributed by atoms with Crippen molar-refractivity contribution in [2.24, 2.45) is 5.73 Å². The lowest BCUT2D eigenvalue weighted by atomic mass is 10.4. The number of nitrogens with two attached hydrogens (primary N) is 1. The van der Waals surface area contributed by atoms with Crippen molar-refractivity contribution in [1.29, 1.82) is 0 Å². The number of rotatable bonds is 5. The molecule has 84 valence electrons. The maximum atomic E-state index is 10.8. The van der Waals surface area contributed by atoms with E-state index in [0.717, 1.165) is 9.47 Å². The molecule has 1 aromatic rings. The molecule has 0 aliphatic carbocycles. The highest BCUT2D eigenvalue weighted by Crippen LogP contribution is 2.28. The van der Waals surface area contributed by atoms with E-state index in [1.165, 1.54) is 23.1 Å². The molecule has 0 saturated heterocycles. The van der Waals surface area contributed by atoms with Crippen molar-refractivity contribution in [2.45, 2.75) is 36.4 Å². The number of primary amides is 1. The number of anilines is 1. The van der Waals surface area contributed by atoms with Crippen LogP contribution >= 0.6 is 23.1 Å². The van der Waals surface area contributed by atoms with Gasteiger partial charge in [-0.25, -0.2) is 0 Å². The van der Waals surface area contributed by atoms with Gasteiger partial charge >= 0.3 is 0 Å². The smallest absolute Gasteiger partial charge is 0.230 e. The van der Waals surface area contributed by atoms with E-state index in [0.29, 0.717) is 6.04 Å². The molecular formula is C8H14N4OS2. The number of amides is 1. The van der Waals surface area contributed by atoms with Gasteiger partial charge in [0.1, 0.15) is 0 Å². The molecule has 1 rings (SSSR count). The summed E-state index contributed by atoms with van der Waals surface area (Å²) < 4.78 is 0.754. The summed E-state index contributed by atoms with van der Waals surface area (Å²) in [6.07, 6.45) is 0. The highest BCUT2D eigenvalue weighted by molar-refractivity contribution is 8.02. The molecular weight excluding hydrogens is 232 g/mol. The molecule has 0 unspecified atom stereocenters. The lowest BCUT2D eigenvalue weighted by Crippen LogP contribution is -2.22. The van der Waals surface area contributed by atoms with Crippen LogP contribution in [0.3, 0.4) is 0 Å². The van der Waals surface area contributed by atoms with Crippen molar-refractivity contribution in [3.05, 3.63) is 0 Å². The molecule has 1 atom stereocenters. The molecule has 0 aromatic carbocycles. The molecule has 0 saturated carbocycles. The van der Waals surface area contributed by atoms with Gasteiger partial charge in [0.05, 0.1) is 5.25 Å². The third kappa shape index (κ3) is 4.05. The van der Waals surface area contributed by atoms with Crippen LogP contribution in [0.4, 0.5) is 5.13 Å². The molecule has 0 aliphatic rings. The third-order valence-electron chi connectivity index (χ3n) is 1.50. The highest BCUT2D eigenvalue weighted by atomic mass is 32.2. The van der Waals surface area contributed by atoms with E-state index in [1.807, 2.05) is 13.8 Å². The lowest BCUT2D eigenvalue weighted by Gasteiger charge is -2.03. The predicted octanol–water partition coefficient (Wildman–Crippen LogP) is 1.32. The second-order valence-corrected chi connectivity index (χ2v) is 5.90. The van der Waals surface area contributed by atoms with Gasteiger partial charge in [0, 0.05) is 6.04 Å². The summed E-state index contributed by atoms with van der Waals surface area (Å²) in [7, 11) is 0. The molecule has 0 spiro atoms. The zero-order valence-electron chi connectivity index (χ0n) is 8.85. The van der Waals surface area contributed by atoms with E-state index >= 15 is 0 Å². The molecule has 5 nitrogen and oxygen atoms in total. The first-order chi connectivity index (χ1) is 6.99. The number of carbonyl (C=O) groups excluding carboxylic acids is 1. The number of hydrogen-bond donors (Lipinski definition) is 2.